The van der Waals surface area contributed by atoms with Crippen molar-refractivity contribution in [3.8, 4) is 0 Å². The molecule has 7 heteroatoms. The first-order valence-corrected chi connectivity index (χ1v) is 9.46. The van der Waals surface area contributed by atoms with Crippen molar-refractivity contribution < 1.29 is 9.53 Å². The lowest BCUT2D eigenvalue weighted by Crippen LogP contribution is -2.42. The molecule has 0 spiro atoms. The number of morpholine rings is 1. The Hall–Kier alpha value is -0.730. The number of carbonyl (C=O) groups excluding carboxylic acids is 1. The van der Waals surface area contributed by atoms with Gasteiger partial charge in [-0.3, -0.25) is 14.6 Å². The Bertz CT molecular complexity index is 645. The second kappa shape index (κ2) is 7.90. The Labute approximate surface area is 154 Å². The molecule has 3 rings (SSSR count). The minimum atomic E-state index is 0.00762. The molecule has 2 heterocycles. The molecule has 23 heavy (non-hydrogen) atoms. The van der Waals surface area contributed by atoms with Gasteiger partial charge in [-0.05, 0) is 23.8 Å². The molecule has 0 aliphatic carbocycles. The Kier molecular flexibility index (Phi) is 5.87. The second-order valence-electron chi connectivity index (χ2n) is 5.34. The number of hydrogen-bond donors (Lipinski definition) is 0. The average molecular weight is 413 g/mol. The third-order valence-electron chi connectivity index (χ3n) is 3.76. The van der Waals surface area contributed by atoms with E-state index in [1.54, 1.807) is 4.90 Å². The Balaban J connectivity index is 1.65. The lowest BCUT2D eigenvalue weighted by atomic mass is 10.2. The predicted molar refractivity (Wildman–Crippen MR) is 101 cm³/mol. The molecule has 0 unspecified atom stereocenters. The molecule has 122 valence electrons. The zero-order valence-electron chi connectivity index (χ0n) is 12.5. The van der Waals surface area contributed by atoms with Gasteiger partial charge < -0.3 is 4.74 Å². The lowest BCUT2D eigenvalue weighted by molar-refractivity contribution is -0.122. The Morgan fingerprint density at radius 3 is 2.83 bits per heavy atom. The minimum absolute atomic E-state index is 0.00762. The van der Waals surface area contributed by atoms with Gasteiger partial charge in [-0.15, -0.1) is 0 Å². The van der Waals surface area contributed by atoms with Crippen LogP contribution < -0.4 is 0 Å². The van der Waals surface area contributed by atoms with Gasteiger partial charge in [-0.2, -0.15) is 0 Å². The van der Waals surface area contributed by atoms with Gasteiger partial charge in [0.05, 0.1) is 18.1 Å². The zero-order valence-corrected chi connectivity index (χ0v) is 15.8. The van der Waals surface area contributed by atoms with E-state index in [-0.39, 0.29) is 5.91 Å². The van der Waals surface area contributed by atoms with Crippen LogP contribution in [0.3, 0.4) is 0 Å². The largest absolute Gasteiger partial charge is 0.379 e. The summed E-state index contributed by atoms with van der Waals surface area (Å²) >= 11 is 10.2. The first kappa shape index (κ1) is 17.1. The van der Waals surface area contributed by atoms with Crippen LogP contribution in [0.15, 0.2) is 33.6 Å². The number of amides is 1. The molecule has 2 aliphatic heterocycles. The Morgan fingerprint density at radius 1 is 1.30 bits per heavy atom. The number of thioether (sulfide) groups is 1. The fourth-order valence-electron chi connectivity index (χ4n) is 2.51. The minimum Gasteiger partial charge on any atom is -0.379 e. The highest BCUT2D eigenvalue weighted by Crippen LogP contribution is 2.32. The van der Waals surface area contributed by atoms with Crippen molar-refractivity contribution in [2.75, 3.05) is 39.4 Å². The van der Waals surface area contributed by atoms with Crippen molar-refractivity contribution in [3.05, 3.63) is 39.2 Å². The summed E-state index contributed by atoms with van der Waals surface area (Å²) in [5.41, 5.74) is 0.994. The third-order valence-corrected chi connectivity index (χ3v) is 5.63. The number of carbonyl (C=O) groups is 1. The molecule has 0 aromatic heterocycles. The molecule has 2 fully saturated rings. The summed E-state index contributed by atoms with van der Waals surface area (Å²) in [6.07, 6.45) is 1.90. The van der Waals surface area contributed by atoms with E-state index in [1.165, 1.54) is 11.8 Å². The van der Waals surface area contributed by atoms with Gasteiger partial charge in [0, 0.05) is 30.7 Å². The van der Waals surface area contributed by atoms with Crippen LogP contribution in [-0.2, 0) is 9.53 Å². The SMILES string of the molecule is O=C1/C(=C/c2cccc(Br)c2)SC(=S)N1CCN1CCOCC1. The smallest absolute Gasteiger partial charge is 0.266 e. The molecule has 4 nitrogen and oxygen atoms in total. The van der Waals surface area contributed by atoms with Crippen molar-refractivity contribution in [1.82, 2.24) is 9.80 Å². The first-order valence-electron chi connectivity index (χ1n) is 7.44. The van der Waals surface area contributed by atoms with Crippen LogP contribution in [-0.4, -0.2) is 59.4 Å². The van der Waals surface area contributed by atoms with E-state index in [0.29, 0.717) is 15.8 Å². The maximum absolute atomic E-state index is 12.6. The van der Waals surface area contributed by atoms with Gasteiger partial charge in [-0.1, -0.05) is 52.0 Å². The van der Waals surface area contributed by atoms with Crippen molar-refractivity contribution in [2.45, 2.75) is 0 Å². The highest BCUT2D eigenvalue weighted by atomic mass is 79.9. The first-order chi connectivity index (χ1) is 11.1. The number of hydrogen-bond acceptors (Lipinski definition) is 5. The molecular weight excluding hydrogens is 396 g/mol. The molecule has 0 bridgehead atoms. The van der Waals surface area contributed by atoms with Gasteiger partial charge >= 0.3 is 0 Å². The van der Waals surface area contributed by atoms with Crippen LogP contribution in [0.5, 0.6) is 0 Å². The van der Waals surface area contributed by atoms with Crippen molar-refractivity contribution >= 4 is 56.2 Å². The monoisotopic (exact) mass is 412 g/mol. The normalized spacial score (nSPS) is 21.4. The summed E-state index contributed by atoms with van der Waals surface area (Å²) in [5.74, 6) is 0.00762. The number of nitrogens with zero attached hydrogens (tertiary/aromatic N) is 2. The molecule has 1 aromatic rings. The second-order valence-corrected chi connectivity index (χ2v) is 7.93. The summed E-state index contributed by atoms with van der Waals surface area (Å²) in [4.78, 5) is 17.3. The topological polar surface area (TPSA) is 32.8 Å². The van der Waals surface area contributed by atoms with Gasteiger partial charge in [0.1, 0.15) is 4.32 Å². The van der Waals surface area contributed by atoms with E-state index in [0.717, 1.165) is 42.9 Å². The molecule has 0 N–H and O–H groups in total. The number of rotatable bonds is 4. The standard InChI is InChI=1S/C16H17BrN2O2S2/c17-13-3-1-2-12(10-13)11-14-15(20)19(16(22)23-14)5-4-18-6-8-21-9-7-18/h1-3,10-11H,4-9H2/b14-11-. The predicted octanol–water partition coefficient (Wildman–Crippen LogP) is 2.98. The van der Waals surface area contributed by atoms with E-state index in [4.69, 9.17) is 17.0 Å². The lowest BCUT2D eigenvalue weighted by Gasteiger charge is -2.28. The number of halogens is 1. The zero-order chi connectivity index (χ0) is 16.2. The van der Waals surface area contributed by atoms with Crippen LogP contribution in [0.1, 0.15) is 5.56 Å². The number of ether oxygens (including phenoxy) is 1. The summed E-state index contributed by atoms with van der Waals surface area (Å²) in [6, 6.07) is 7.88. The third kappa shape index (κ3) is 4.42. The quantitative estimate of drug-likeness (QED) is 0.560. The van der Waals surface area contributed by atoms with Crippen molar-refractivity contribution in [2.24, 2.45) is 0 Å². The number of benzene rings is 1. The average Bonchev–Trinajstić information content (AvgIpc) is 2.80. The van der Waals surface area contributed by atoms with Crippen LogP contribution in [0.25, 0.3) is 6.08 Å². The van der Waals surface area contributed by atoms with Gasteiger partial charge in [-0.25, -0.2) is 0 Å². The van der Waals surface area contributed by atoms with Crippen molar-refractivity contribution in [3.63, 3.8) is 0 Å². The van der Waals surface area contributed by atoms with Gasteiger partial charge in [0.25, 0.3) is 5.91 Å². The molecule has 1 aromatic carbocycles. The highest BCUT2D eigenvalue weighted by Gasteiger charge is 2.32. The fourth-order valence-corrected chi connectivity index (χ4v) is 4.23. The van der Waals surface area contributed by atoms with Crippen molar-refractivity contribution in [1.29, 1.82) is 0 Å². The summed E-state index contributed by atoms with van der Waals surface area (Å²) in [5, 5.41) is 0. The highest BCUT2D eigenvalue weighted by molar-refractivity contribution is 9.10. The molecular formula is C16H17BrN2O2S2. The summed E-state index contributed by atoms with van der Waals surface area (Å²) in [6.45, 7) is 4.84. The van der Waals surface area contributed by atoms with E-state index in [1.807, 2.05) is 30.3 Å². The molecule has 2 saturated heterocycles. The van der Waals surface area contributed by atoms with Gasteiger partial charge in [0.2, 0.25) is 0 Å². The molecule has 2 aliphatic rings. The van der Waals surface area contributed by atoms with E-state index >= 15 is 0 Å². The van der Waals surface area contributed by atoms with Crippen LogP contribution in [0, 0.1) is 0 Å². The molecule has 1 amide bonds. The van der Waals surface area contributed by atoms with E-state index in [2.05, 4.69) is 20.8 Å². The molecule has 0 saturated carbocycles. The van der Waals surface area contributed by atoms with E-state index in [9.17, 15) is 4.79 Å². The maximum atomic E-state index is 12.6. The van der Waals surface area contributed by atoms with E-state index < -0.39 is 0 Å². The molecule has 0 radical (unpaired) electrons. The van der Waals surface area contributed by atoms with Gasteiger partial charge in [0.15, 0.2) is 0 Å². The van der Waals surface area contributed by atoms with Crippen LogP contribution >= 0.6 is 39.9 Å². The Morgan fingerprint density at radius 2 is 2.09 bits per heavy atom. The van der Waals surface area contributed by atoms with Crippen LogP contribution in [0.2, 0.25) is 0 Å². The fraction of sp³-hybridized carbons (Fsp3) is 0.375. The maximum Gasteiger partial charge on any atom is 0.266 e. The molecule has 0 atom stereocenters. The summed E-state index contributed by atoms with van der Waals surface area (Å²) < 4.78 is 6.98. The van der Waals surface area contributed by atoms with Crippen LogP contribution in [0.4, 0.5) is 0 Å². The number of thiocarbonyl (C=S) groups is 1. The summed E-state index contributed by atoms with van der Waals surface area (Å²) in [7, 11) is 0.